The number of carbonyl (C=O) groups is 1. The first-order valence-corrected chi connectivity index (χ1v) is 14.4. The largest absolute Gasteiger partial charge is 0.385 e. The van der Waals surface area contributed by atoms with Crippen LogP contribution in [0.5, 0.6) is 0 Å². The van der Waals surface area contributed by atoms with Crippen molar-refractivity contribution in [1.82, 2.24) is 35.3 Å². The summed E-state index contributed by atoms with van der Waals surface area (Å²) in [6.07, 6.45) is 8.88. The van der Waals surface area contributed by atoms with Crippen LogP contribution in [0.4, 0.5) is 21.7 Å². The number of anilines is 3. The summed E-state index contributed by atoms with van der Waals surface area (Å²) < 4.78 is 20.6. The monoisotopic (exact) mass is 573 g/mol. The van der Waals surface area contributed by atoms with Crippen LogP contribution in [-0.4, -0.2) is 55.1 Å². The Balaban J connectivity index is 1.14. The van der Waals surface area contributed by atoms with Gasteiger partial charge in [0.15, 0.2) is 17.5 Å². The van der Waals surface area contributed by atoms with Crippen molar-refractivity contribution in [2.24, 2.45) is 0 Å². The van der Waals surface area contributed by atoms with E-state index in [2.05, 4.69) is 42.3 Å². The lowest BCUT2D eigenvalue weighted by atomic mass is 9.75. The van der Waals surface area contributed by atoms with Crippen molar-refractivity contribution in [3.8, 4) is 5.82 Å². The van der Waals surface area contributed by atoms with Crippen LogP contribution in [0, 0.1) is 12.7 Å². The second-order valence-corrected chi connectivity index (χ2v) is 11.2. The van der Waals surface area contributed by atoms with E-state index in [1.54, 1.807) is 19.4 Å². The molecule has 220 valence electrons. The fourth-order valence-corrected chi connectivity index (χ4v) is 6.02. The minimum atomic E-state index is -0.911. The predicted molar refractivity (Wildman–Crippen MR) is 156 cm³/mol. The molecule has 1 aliphatic carbocycles. The standard InChI is InChI=1S/C30H36FN9O2/c1-18-13-26(39-38-18)36-25-14-24-23(5-4-12-32-24)28(37-25)20-8-10-30(42-3,11-9-20)29(41)35-19(2)21-6-7-27(33-15-21)40-17-22(31)16-34-40/h6-7,13-17,19-20,32H,4-5,8-12H2,1-3H3,(H,35,41)(H2,36,37,38,39)/t19-,20-,30+/m0/s1. The van der Waals surface area contributed by atoms with Crippen molar-refractivity contribution in [3.05, 3.63) is 71.2 Å². The van der Waals surface area contributed by atoms with E-state index in [0.29, 0.717) is 18.7 Å². The Hall–Kier alpha value is -4.32. The molecule has 0 radical (unpaired) electrons. The smallest absolute Gasteiger partial charge is 0.252 e. The third-order valence-electron chi connectivity index (χ3n) is 8.43. The van der Waals surface area contributed by atoms with Gasteiger partial charge in [-0.2, -0.15) is 10.2 Å². The summed E-state index contributed by atoms with van der Waals surface area (Å²) in [7, 11) is 1.62. The molecule has 0 unspecified atom stereocenters. The Morgan fingerprint density at radius 2 is 2.05 bits per heavy atom. The van der Waals surface area contributed by atoms with Gasteiger partial charge in [0.1, 0.15) is 11.4 Å². The highest BCUT2D eigenvalue weighted by Gasteiger charge is 2.43. The highest BCUT2D eigenvalue weighted by molar-refractivity contribution is 5.85. The molecule has 1 amide bonds. The lowest BCUT2D eigenvalue weighted by molar-refractivity contribution is -0.148. The summed E-state index contributed by atoms with van der Waals surface area (Å²) in [6.45, 7) is 4.82. The van der Waals surface area contributed by atoms with Gasteiger partial charge in [0, 0.05) is 49.3 Å². The molecule has 2 aliphatic rings. The number of nitrogens with zero attached hydrogens (tertiary/aromatic N) is 5. The second-order valence-electron chi connectivity index (χ2n) is 11.2. The summed E-state index contributed by atoms with van der Waals surface area (Å²) in [4.78, 5) is 23.1. The molecule has 6 rings (SSSR count). The van der Waals surface area contributed by atoms with Crippen molar-refractivity contribution < 1.29 is 13.9 Å². The Labute approximate surface area is 243 Å². The van der Waals surface area contributed by atoms with E-state index in [0.717, 1.165) is 72.7 Å². The quantitative estimate of drug-likeness (QED) is 0.235. The Bertz CT molecular complexity index is 1560. The zero-order chi connectivity index (χ0) is 29.3. The molecular weight excluding hydrogens is 537 g/mol. The molecule has 4 N–H and O–H groups in total. The second kappa shape index (κ2) is 11.5. The van der Waals surface area contributed by atoms with Crippen molar-refractivity contribution in [2.75, 3.05) is 24.3 Å². The van der Waals surface area contributed by atoms with E-state index >= 15 is 0 Å². The van der Waals surface area contributed by atoms with E-state index in [4.69, 9.17) is 9.72 Å². The number of aromatic amines is 1. The maximum Gasteiger partial charge on any atom is 0.252 e. The van der Waals surface area contributed by atoms with Crippen LogP contribution in [0.3, 0.4) is 0 Å². The maximum atomic E-state index is 13.6. The zero-order valence-corrected chi connectivity index (χ0v) is 24.1. The summed E-state index contributed by atoms with van der Waals surface area (Å²) in [5.41, 5.74) is 4.38. The Kier molecular flexibility index (Phi) is 7.63. The SMILES string of the molecule is CO[C@]1(C(=O)N[C@@H](C)c2ccc(-n3cc(F)cn3)nc2)CC[C@H](c2nc(Nc3cc(C)[nH]n3)cc3c2CCCN3)CC1. The molecule has 12 heteroatoms. The highest BCUT2D eigenvalue weighted by atomic mass is 19.1. The van der Waals surface area contributed by atoms with Crippen molar-refractivity contribution in [3.63, 3.8) is 0 Å². The number of halogens is 1. The van der Waals surface area contributed by atoms with Gasteiger partial charge < -0.3 is 20.7 Å². The van der Waals surface area contributed by atoms with Crippen LogP contribution < -0.4 is 16.0 Å². The maximum absolute atomic E-state index is 13.6. The van der Waals surface area contributed by atoms with Gasteiger partial charge in [0.05, 0.1) is 24.1 Å². The number of amides is 1. The van der Waals surface area contributed by atoms with Gasteiger partial charge in [0.25, 0.3) is 5.91 Å². The molecule has 1 saturated carbocycles. The van der Waals surface area contributed by atoms with E-state index in [1.165, 1.54) is 16.4 Å². The normalized spacial score (nSPS) is 20.8. The van der Waals surface area contributed by atoms with Gasteiger partial charge >= 0.3 is 0 Å². The third kappa shape index (κ3) is 5.58. The van der Waals surface area contributed by atoms with Crippen LogP contribution in [-0.2, 0) is 16.0 Å². The topological polar surface area (TPSA) is 135 Å². The minimum absolute atomic E-state index is 0.129. The first kappa shape index (κ1) is 27.8. The molecule has 1 aliphatic heterocycles. The van der Waals surface area contributed by atoms with Crippen molar-refractivity contribution in [1.29, 1.82) is 0 Å². The molecule has 4 aromatic heterocycles. The number of rotatable bonds is 8. The Morgan fingerprint density at radius 3 is 2.71 bits per heavy atom. The van der Waals surface area contributed by atoms with Gasteiger partial charge in [-0.05, 0) is 69.6 Å². The van der Waals surface area contributed by atoms with Gasteiger partial charge in [-0.3, -0.25) is 9.89 Å². The van der Waals surface area contributed by atoms with Crippen molar-refractivity contribution >= 4 is 23.2 Å². The number of fused-ring (bicyclic) bond motifs is 1. The molecule has 11 nitrogen and oxygen atoms in total. The van der Waals surface area contributed by atoms with Crippen LogP contribution in [0.2, 0.25) is 0 Å². The summed E-state index contributed by atoms with van der Waals surface area (Å²) in [6, 6.07) is 7.34. The van der Waals surface area contributed by atoms with E-state index in [1.807, 2.05) is 26.0 Å². The number of hydrogen-bond acceptors (Lipinski definition) is 8. The highest BCUT2D eigenvalue weighted by Crippen LogP contribution is 2.43. The molecule has 0 saturated heterocycles. The number of hydrogen-bond donors (Lipinski definition) is 4. The fraction of sp³-hybridized carbons (Fsp3) is 0.433. The lowest BCUT2D eigenvalue weighted by Gasteiger charge is -2.39. The minimum Gasteiger partial charge on any atom is -0.385 e. The first-order chi connectivity index (χ1) is 20.3. The number of aromatic nitrogens is 6. The zero-order valence-electron chi connectivity index (χ0n) is 24.1. The van der Waals surface area contributed by atoms with Crippen molar-refractivity contribution in [2.45, 2.75) is 69.9 Å². The van der Waals surface area contributed by atoms with E-state index in [9.17, 15) is 9.18 Å². The number of aryl methyl sites for hydroxylation is 1. The summed E-state index contributed by atoms with van der Waals surface area (Å²) >= 11 is 0. The van der Waals surface area contributed by atoms with Crippen LogP contribution in [0.15, 0.2) is 42.9 Å². The molecule has 5 heterocycles. The van der Waals surface area contributed by atoms with Gasteiger partial charge in [-0.1, -0.05) is 6.07 Å². The van der Waals surface area contributed by atoms with Crippen LogP contribution in [0.1, 0.15) is 73.5 Å². The van der Waals surface area contributed by atoms with Gasteiger partial charge in [-0.25, -0.2) is 19.0 Å². The molecule has 1 atom stereocenters. The number of ether oxygens (including phenoxy) is 1. The number of methoxy groups -OCH3 is 1. The number of pyridine rings is 2. The first-order valence-electron chi connectivity index (χ1n) is 14.4. The number of H-pyrrole nitrogens is 1. The summed E-state index contributed by atoms with van der Waals surface area (Å²) in [5, 5.41) is 21.2. The van der Waals surface area contributed by atoms with Crippen LogP contribution in [0.25, 0.3) is 5.82 Å². The molecule has 42 heavy (non-hydrogen) atoms. The molecule has 1 fully saturated rings. The molecule has 4 aromatic rings. The molecular formula is C30H36FN9O2. The summed E-state index contributed by atoms with van der Waals surface area (Å²) in [5.74, 6) is 1.65. The van der Waals surface area contributed by atoms with Gasteiger partial charge in [0.2, 0.25) is 0 Å². The molecule has 0 bridgehead atoms. The van der Waals surface area contributed by atoms with Gasteiger partial charge in [-0.15, -0.1) is 0 Å². The molecule has 0 aromatic carbocycles. The Morgan fingerprint density at radius 1 is 1.21 bits per heavy atom. The average molecular weight is 574 g/mol. The fourth-order valence-electron chi connectivity index (χ4n) is 6.02. The van der Waals surface area contributed by atoms with Crippen LogP contribution >= 0.6 is 0 Å². The average Bonchev–Trinajstić information content (AvgIpc) is 3.64. The number of nitrogens with one attached hydrogen (secondary N) is 4. The number of carbonyl (C=O) groups excluding carboxylic acids is 1. The predicted octanol–water partition coefficient (Wildman–Crippen LogP) is 4.85. The van der Waals surface area contributed by atoms with E-state index < -0.39 is 11.4 Å². The third-order valence-corrected chi connectivity index (χ3v) is 8.43. The van der Waals surface area contributed by atoms with E-state index in [-0.39, 0.29) is 17.9 Å². The lowest BCUT2D eigenvalue weighted by Crippen LogP contribution is -2.51. The molecule has 0 spiro atoms.